The van der Waals surface area contributed by atoms with Crippen LogP contribution in [0.5, 0.6) is 0 Å². The van der Waals surface area contributed by atoms with Crippen LogP contribution >= 0.6 is 0 Å². The molecule has 4 heteroatoms. The molecule has 0 aromatic heterocycles. The zero-order valence-corrected chi connectivity index (χ0v) is 10.1. The summed E-state index contributed by atoms with van der Waals surface area (Å²) in [5, 5.41) is 9.01. The normalized spacial score (nSPS) is 19.8. The molecule has 1 rings (SSSR count). The van der Waals surface area contributed by atoms with Crippen LogP contribution in [0.15, 0.2) is 11.6 Å². The number of hydrogen-bond donors (Lipinski definition) is 1. The molecule has 1 aliphatic heterocycles. The van der Waals surface area contributed by atoms with Gasteiger partial charge in [0.15, 0.2) is 0 Å². The molecule has 1 N–H and O–H groups in total. The highest BCUT2D eigenvalue weighted by Crippen LogP contribution is 2.16. The van der Waals surface area contributed by atoms with Crippen molar-refractivity contribution in [3.8, 4) is 0 Å². The van der Waals surface area contributed by atoms with Gasteiger partial charge in [0.2, 0.25) is 0 Å². The fourth-order valence-electron chi connectivity index (χ4n) is 1.86. The highest BCUT2D eigenvalue weighted by atomic mass is 16.5. The van der Waals surface area contributed by atoms with Crippen molar-refractivity contribution in [2.24, 2.45) is 5.92 Å². The van der Waals surface area contributed by atoms with Gasteiger partial charge >= 0.3 is 5.97 Å². The minimum Gasteiger partial charge on any atom is -0.466 e. The number of likely N-dealkylation sites (tertiary alicyclic amines) is 1. The van der Waals surface area contributed by atoms with E-state index in [0.717, 1.165) is 32.5 Å². The third-order valence-corrected chi connectivity index (χ3v) is 3.13. The van der Waals surface area contributed by atoms with Crippen LogP contribution in [0.4, 0.5) is 0 Å². The van der Waals surface area contributed by atoms with Crippen molar-refractivity contribution in [3.05, 3.63) is 11.6 Å². The third-order valence-electron chi connectivity index (χ3n) is 3.13. The molecular weight excluding hydrogens is 206 g/mol. The van der Waals surface area contributed by atoms with E-state index in [9.17, 15) is 4.79 Å². The number of piperidine rings is 1. The first-order chi connectivity index (χ1) is 7.67. The third kappa shape index (κ3) is 3.94. The van der Waals surface area contributed by atoms with Crippen molar-refractivity contribution in [1.82, 2.24) is 4.90 Å². The molecule has 1 saturated heterocycles. The van der Waals surface area contributed by atoms with Crippen molar-refractivity contribution >= 4 is 5.97 Å². The first-order valence-corrected chi connectivity index (χ1v) is 5.75. The maximum Gasteiger partial charge on any atom is 0.333 e. The molecule has 0 spiro atoms. The summed E-state index contributed by atoms with van der Waals surface area (Å²) in [6, 6.07) is 0. The number of esters is 1. The van der Waals surface area contributed by atoms with Gasteiger partial charge in [-0.1, -0.05) is 6.08 Å². The van der Waals surface area contributed by atoms with Crippen molar-refractivity contribution in [2.75, 3.05) is 33.4 Å². The van der Waals surface area contributed by atoms with Crippen LogP contribution in [-0.2, 0) is 9.53 Å². The molecule has 16 heavy (non-hydrogen) atoms. The molecule has 0 unspecified atom stereocenters. The molecule has 0 atom stereocenters. The Balaban J connectivity index is 2.31. The molecule has 0 saturated carbocycles. The molecule has 0 aromatic rings. The van der Waals surface area contributed by atoms with E-state index in [-0.39, 0.29) is 5.97 Å². The highest BCUT2D eigenvalue weighted by molar-refractivity contribution is 5.87. The molecule has 0 aromatic carbocycles. The second kappa shape index (κ2) is 6.66. The largest absolute Gasteiger partial charge is 0.466 e. The van der Waals surface area contributed by atoms with Gasteiger partial charge in [-0.25, -0.2) is 4.79 Å². The van der Waals surface area contributed by atoms with Gasteiger partial charge in [-0.05, 0) is 38.8 Å². The molecule has 0 amide bonds. The molecule has 1 fully saturated rings. The summed E-state index contributed by atoms with van der Waals surface area (Å²) in [6.07, 6.45) is 3.99. The number of hydrogen-bond acceptors (Lipinski definition) is 4. The standard InChI is InChI=1S/C12H21NO3/c1-10(12(15)16-2)3-6-13-7-4-11(9-14)5-8-13/h3,11,14H,4-9H2,1-2H3. The summed E-state index contributed by atoms with van der Waals surface area (Å²) in [5.41, 5.74) is 0.659. The zero-order valence-electron chi connectivity index (χ0n) is 10.1. The van der Waals surface area contributed by atoms with Gasteiger partial charge in [0.1, 0.15) is 0 Å². The van der Waals surface area contributed by atoms with E-state index in [0.29, 0.717) is 18.1 Å². The average molecular weight is 227 g/mol. The Hall–Kier alpha value is -0.870. The maximum atomic E-state index is 11.1. The number of aliphatic hydroxyl groups excluding tert-OH is 1. The fourth-order valence-corrected chi connectivity index (χ4v) is 1.86. The van der Waals surface area contributed by atoms with Gasteiger partial charge in [-0.3, -0.25) is 4.90 Å². The van der Waals surface area contributed by atoms with E-state index in [4.69, 9.17) is 5.11 Å². The second-order valence-electron chi connectivity index (χ2n) is 4.31. The number of carbonyl (C=O) groups excluding carboxylic acids is 1. The number of rotatable bonds is 4. The van der Waals surface area contributed by atoms with E-state index in [1.165, 1.54) is 7.11 Å². The van der Waals surface area contributed by atoms with Gasteiger partial charge in [0, 0.05) is 18.7 Å². The maximum absolute atomic E-state index is 11.1. The Labute approximate surface area is 96.9 Å². The first kappa shape index (κ1) is 13.2. The van der Waals surface area contributed by atoms with Gasteiger partial charge in [-0.2, -0.15) is 0 Å². The van der Waals surface area contributed by atoms with Crippen molar-refractivity contribution in [1.29, 1.82) is 0 Å². The predicted octanol–water partition coefficient (Wildman–Crippen LogP) is 0.810. The number of carbonyl (C=O) groups is 1. The van der Waals surface area contributed by atoms with E-state index >= 15 is 0 Å². The second-order valence-corrected chi connectivity index (χ2v) is 4.31. The van der Waals surface area contributed by atoms with E-state index in [1.54, 1.807) is 6.92 Å². The zero-order chi connectivity index (χ0) is 12.0. The lowest BCUT2D eigenvalue weighted by molar-refractivity contribution is -0.136. The number of methoxy groups -OCH3 is 1. The number of aliphatic hydroxyl groups is 1. The summed E-state index contributed by atoms with van der Waals surface area (Å²) in [4.78, 5) is 13.4. The minimum atomic E-state index is -0.259. The minimum absolute atomic E-state index is 0.259. The summed E-state index contributed by atoms with van der Waals surface area (Å²) < 4.78 is 4.63. The first-order valence-electron chi connectivity index (χ1n) is 5.75. The summed E-state index contributed by atoms with van der Waals surface area (Å²) in [7, 11) is 1.40. The van der Waals surface area contributed by atoms with Gasteiger partial charge in [0.05, 0.1) is 7.11 Å². The number of nitrogens with zero attached hydrogens (tertiary/aromatic N) is 1. The molecule has 92 valence electrons. The van der Waals surface area contributed by atoms with Crippen LogP contribution < -0.4 is 0 Å². The summed E-state index contributed by atoms with van der Waals surface area (Å²) in [5.74, 6) is 0.201. The quantitative estimate of drug-likeness (QED) is 0.570. The lowest BCUT2D eigenvalue weighted by atomic mass is 9.98. The molecule has 1 heterocycles. The highest BCUT2D eigenvalue weighted by Gasteiger charge is 2.17. The predicted molar refractivity (Wildman–Crippen MR) is 62.0 cm³/mol. The van der Waals surface area contributed by atoms with Crippen LogP contribution in [-0.4, -0.2) is 49.3 Å². The van der Waals surface area contributed by atoms with Gasteiger partial charge < -0.3 is 9.84 Å². The van der Waals surface area contributed by atoms with Crippen molar-refractivity contribution in [2.45, 2.75) is 19.8 Å². The Morgan fingerprint density at radius 1 is 1.50 bits per heavy atom. The topological polar surface area (TPSA) is 49.8 Å². The van der Waals surface area contributed by atoms with Gasteiger partial charge in [-0.15, -0.1) is 0 Å². The van der Waals surface area contributed by atoms with E-state index in [2.05, 4.69) is 9.64 Å². The van der Waals surface area contributed by atoms with Crippen LogP contribution in [0.25, 0.3) is 0 Å². The average Bonchev–Trinajstić information content (AvgIpc) is 2.35. The van der Waals surface area contributed by atoms with Gasteiger partial charge in [0.25, 0.3) is 0 Å². The van der Waals surface area contributed by atoms with E-state index in [1.807, 2.05) is 6.08 Å². The van der Waals surface area contributed by atoms with Crippen LogP contribution in [0.3, 0.4) is 0 Å². The Morgan fingerprint density at radius 2 is 2.12 bits per heavy atom. The molecule has 0 aliphatic carbocycles. The molecule has 4 nitrogen and oxygen atoms in total. The number of ether oxygens (including phenoxy) is 1. The molecule has 1 aliphatic rings. The van der Waals surface area contributed by atoms with Crippen molar-refractivity contribution < 1.29 is 14.6 Å². The Kier molecular flexibility index (Phi) is 5.49. The van der Waals surface area contributed by atoms with Crippen LogP contribution in [0.1, 0.15) is 19.8 Å². The Morgan fingerprint density at radius 3 is 2.62 bits per heavy atom. The molecule has 0 radical (unpaired) electrons. The monoisotopic (exact) mass is 227 g/mol. The van der Waals surface area contributed by atoms with Crippen molar-refractivity contribution in [3.63, 3.8) is 0 Å². The summed E-state index contributed by atoms with van der Waals surface area (Å²) in [6.45, 7) is 4.85. The van der Waals surface area contributed by atoms with Crippen LogP contribution in [0, 0.1) is 5.92 Å². The molecule has 0 bridgehead atoms. The van der Waals surface area contributed by atoms with Crippen LogP contribution in [0.2, 0.25) is 0 Å². The SMILES string of the molecule is COC(=O)C(C)=CCN1CCC(CO)CC1. The lowest BCUT2D eigenvalue weighted by Crippen LogP contribution is -2.35. The lowest BCUT2D eigenvalue weighted by Gasteiger charge is -2.30. The Bertz CT molecular complexity index is 255. The fraction of sp³-hybridized carbons (Fsp3) is 0.750. The molecular formula is C12H21NO3. The summed E-state index contributed by atoms with van der Waals surface area (Å²) >= 11 is 0. The smallest absolute Gasteiger partial charge is 0.333 e. The van der Waals surface area contributed by atoms with E-state index < -0.39 is 0 Å².